The van der Waals surface area contributed by atoms with Gasteiger partial charge in [0.2, 0.25) is 0 Å². The number of hydrogen-bond acceptors (Lipinski definition) is 1. The molecule has 1 heteroatoms. The molecule has 0 saturated heterocycles. The first-order valence-corrected chi connectivity index (χ1v) is 17.6. The second-order valence-electron chi connectivity index (χ2n) is 13.7. The van der Waals surface area contributed by atoms with E-state index in [-0.39, 0.29) is 0 Å². The van der Waals surface area contributed by atoms with Crippen molar-refractivity contribution >= 4 is 75.8 Å². The van der Waals surface area contributed by atoms with Gasteiger partial charge in [-0.2, -0.15) is 0 Å². The summed E-state index contributed by atoms with van der Waals surface area (Å²) in [6.07, 6.45) is 0. The second-order valence-corrected chi connectivity index (χ2v) is 13.7. The summed E-state index contributed by atoms with van der Waals surface area (Å²) in [5.74, 6) is 0. The summed E-state index contributed by atoms with van der Waals surface area (Å²) in [7, 11) is 0. The van der Waals surface area contributed by atoms with Gasteiger partial charge in [0.1, 0.15) is 11.2 Å². The number of benzene rings is 10. The van der Waals surface area contributed by atoms with Crippen molar-refractivity contribution in [1.29, 1.82) is 0 Å². The van der Waals surface area contributed by atoms with E-state index in [1.165, 1.54) is 76.1 Å². The summed E-state index contributed by atoms with van der Waals surface area (Å²) >= 11 is 0. The molecule has 0 saturated carbocycles. The van der Waals surface area contributed by atoms with Gasteiger partial charge in [0, 0.05) is 10.8 Å². The molecule has 236 valence electrons. The van der Waals surface area contributed by atoms with E-state index in [9.17, 15) is 0 Å². The van der Waals surface area contributed by atoms with E-state index in [1.54, 1.807) is 0 Å². The third kappa shape index (κ3) is 4.49. The summed E-state index contributed by atoms with van der Waals surface area (Å²) in [5, 5.41) is 15.0. The molecule has 0 aliphatic heterocycles. The SMILES string of the molecule is c1ccc2cc(-c3ccc4c(c3)oc3cc(-c5ccc6cc(-c7cc8ccc9ccccc9c8c8ccccc78)ccc6c5)ccc34)ccc2c1. The fourth-order valence-electron chi connectivity index (χ4n) is 8.22. The summed E-state index contributed by atoms with van der Waals surface area (Å²) in [6.45, 7) is 0. The van der Waals surface area contributed by atoms with Gasteiger partial charge in [0.25, 0.3) is 0 Å². The molecule has 0 radical (unpaired) electrons. The largest absolute Gasteiger partial charge is 0.456 e. The molecule has 0 amide bonds. The van der Waals surface area contributed by atoms with Crippen LogP contribution in [0.4, 0.5) is 0 Å². The molecule has 0 aliphatic rings. The van der Waals surface area contributed by atoms with Gasteiger partial charge < -0.3 is 4.42 Å². The third-order valence-electron chi connectivity index (χ3n) is 10.8. The van der Waals surface area contributed by atoms with Crippen LogP contribution in [-0.2, 0) is 0 Å². The van der Waals surface area contributed by atoms with Crippen molar-refractivity contribution in [2.45, 2.75) is 0 Å². The zero-order chi connectivity index (χ0) is 33.5. The first-order valence-electron chi connectivity index (χ1n) is 17.6. The Balaban J connectivity index is 0.967. The van der Waals surface area contributed by atoms with Crippen LogP contribution in [0.15, 0.2) is 186 Å². The van der Waals surface area contributed by atoms with Crippen LogP contribution in [0.2, 0.25) is 0 Å². The highest BCUT2D eigenvalue weighted by atomic mass is 16.3. The van der Waals surface area contributed by atoms with Crippen LogP contribution in [-0.4, -0.2) is 0 Å². The molecule has 51 heavy (non-hydrogen) atoms. The van der Waals surface area contributed by atoms with Crippen molar-refractivity contribution in [2.75, 3.05) is 0 Å². The highest BCUT2D eigenvalue weighted by Gasteiger charge is 2.14. The molecule has 0 aliphatic carbocycles. The maximum atomic E-state index is 6.51. The molecule has 0 N–H and O–H groups in total. The van der Waals surface area contributed by atoms with Crippen LogP contribution in [0.5, 0.6) is 0 Å². The predicted octanol–water partition coefficient (Wildman–Crippen LogP) is 14.4. The van der Waals surface area contributed by atoms with Crippen molar-refractivity contribution in [3.63, 3.8) is 0 Å². The molecule has 0 spiro atoms. The zero-order valence-corrected chi connectivity index (χ0v) is 27.7. The maximum absolute atomic E-state index is 6.51. The lowest BCUT2D eigenvalue weighted by Gasteiger charge is -2.14. The summed E-state index contributed by atoms with van der Waals surface area (Å²) in [6, 6.07) is 66.4. The van der Waals surface area contributed by atoms with Crippen molar-refractivity contribution in [2.24, 2.45) is 0 Å². The fourth-order valence-corrected chi connectivity index (χ4v) is 8.22. The monoisotopic (exact) mass is 646 g/mol. The van der Waals surface area contributed by atoms with Crippen molar-refractivity contribution in [1.82, 2.24) is 0 Å². The lowest BCUT2D eigenvalue weighted by molar-refractivity contribution is 0.669. The second kappa shape index (κ2) is 10.9. The van der Waals surface area contributed by atoms with Gasteiger partial charge >= 0.3 is 0 Å². The molecule has 1 aromatic heterocycles. The van der Waals surface area contributed by atoms with Crippen molar-refractivity contribution in [3.05, 3.63) is 182 Å². The standard InChI is InChI=1S/C50H30O/c1-2-9-33-25-35(15-13-31(33)7-1)38-21-23-44-45-24-22-39(30-49(45)51-48(44)29-38)36-16-17-37-27-40(19-18-34(37)26-36)47-28-41-20-14-32-8-3-4-10-42(32)50(41)46-12-6-5-11-43(46)47/h1-30H. The predicted molar refractivity (Wildman–Crippen MR) is 218 cm³/mol. The quantitative estimate of drug-likeness (QED) is 0.174. The van der Waals surface area contributed by atoms with E-state index in [0.717, 1.165) is 33.1 Å². The van der Waals surface area contributed by atoms with Crippen LogP contribution in [0, 0.1) is 0 Å². The fraction of sp³-hybridized carbons (Fsp3) is 0. The van der Waals surface area contributed by atoms with Crippen molar-refractivity contribution < 1.29 is 4.42 Å². The number of furan rings is 1. The third-order valence-corrected chi connectivity index (χ3v) is 10.8. The molecule has 1 heterocycles. The average Bonchev–Trinajstić information content (AvgIpc) is 3.57. The lowest BCUT2D eigenvalue weighted by atomic mass is 9.90. The van der Waals surface area contributed by atoms with Gasteiger partial charge in [-0.25, -0.2) is 0 Å². The van der Waals surface area contributed by atoms with Gasteiger partial charge in [-0.05, 0) is 136 Å². The van der Waals surface area contributed by atoms with Gasteiger partial charge in [0.05, 0.1) is 0 Å². The zero-order valence-electron chi connectivity index (χ0n) is 27.7. The minimum atomic E-state index is 0.907. The molecule has 0 atom stereocenters. The Morgan fingerprint density at radius 1 is 0.255 bits per heavy atom. The smallest absolute Gasteiger partial charge is 0.136 e. The Morgan fingerprint density at radius 2 is 0.706 bits per heavy atom. The van der Waals surface area contributed by atoms with Gasteiger partial charge in [-0.3, -0.25) is 0 Å². The Labute approximate surface area is 294 Å². The highest BCUT2D eigenvalue weighted by molar-refractivity contribution is 6.23. The summed E-state index contributed by atoms with van der Waals surface area (Å²) in [5.41, 5.74) is 8.99. The molecular weight excluding hydrogens is 617 g/mol. The van der Waals surface area contributed by atoms with Gasteiger partial charge in [0.15, 0.2) is 0 Å². The molecule has 0 bridgehead atoms. The Hall–Kier alpha value is -6.70. The summed E-state index contributed by atoms with van der Waals surface area (Å²) in [4.78, 5) is 0. The van der Waals surface area contributed by atoms with E-state index in [1.807, 2.05) is 0 Å². The van der Waals surface area contributed by atoms with Crippen LogP contribution in [0.3, 0.4) is 0 Å². The van der Waals surface area contributed by atoms with Crippen LogP contribution in [0.25, 0.3) is 109 Å². The highest BCUT2D eigenvalue weighted by Crippen LogP contribution is 2.40. The first kappa shape index (κ1) is 28.2. The molecule has 11 rings (SSSR count). The Bertz CT molecular complexity index is 3200. The van der Waals surface area contributed by atoms with E-state index in [2.05, 4.69) is 182 Å². The first-order chi connectivity index (χ1) is 25.2. The van der Waals surface area contributed by atoms with E-state index in [4.69, 9.17) is 4.42 Å². The number of fused-ring (bicyclic) bond motifs is 10. The minimum absolute atomic E-state index is 0.907. The number of rotatable bonds is 3. The Morgan fingerprint density at radius 3 is 1.41 bits per heavy atom. The van der Waals surface area contributed by atoms with Crippen LogP contribution < -0.4 is 0 Å². The lowest BCUT2D eigenvalue weighted by Crippen LogP contribution is -1.87. The minimum Gasteiger partial charge on any atom is -0.456 e. The Kier molecular flexibility index (Phi) is 6.02. The molecule has 1 nitrogen and oxygen atoms in total. The topological polar surface area (TPSA) is 13.1 Å². The van der Waals surface area contributed by atoms with Crippen LogP contribution >= 0.6 is 0 Å². The van der Waals surface area contributed by atoms with Gasteiger partial charge in [-0.1, -0.05) is 133 Å². The molecule has 0 fully saturated rings. The van der Waals surface area contributed by atoms with E-state index in [0.29, 0.717) is 0 Å². The molecule has 10 aromatic carbocycles. The van der Waals surface area contributed by atoms with Gasteiger partial charge in [-0.15, -0.1) is 0 Å². The van der Waals surface area contributed by atoms with Crippen molar-refractivity contribution in [3.8, 4) is 33.4 Å². The maximum Gasteiger partial charge on any atom is 0.136 e. The van der Waals surface area contributed by atoms with E-state index >= 15 is 0 Å². The average molecular weight is 647 g/mol. The molecular formula is C50H30O. The van der Waals surface area contributed by atoms with Crippen LogP contribution in [0.1, 0.15) is 0 Å². The number of hydrogen-bond donors (Lipinski definition) is 0. The molecule has 11 aromatic rings. The molecule has 0 unspecified atom stereocenters. The summed E-state index contributed by atoms with van der Waals surface area (Å²) < 4.78 is 6.51. The van der Waals surface area contributed by atoms with E-state index < -0.39 is 0 Å². The normalized spacial score (nSPS) is 11.9.